The van der Waals surface area contributed by atoms with E-state index in [2.05, 4.69) is 139 Å². The van der Waals surface area contributed by atoms with Crippen molar-refractivity contribution in [1.29, 1.82) is 0 Å². The highest BCUT2D eigenvalue weighted by molar-refractivity contribution is 9.11. The number of fused-ring (bicyclic) bond motifs is 2. The fourth-order valence-corrected chi connectivity index (χ4v) is 12.4. The molecule has 3 aliphatic heterocycles. The minimum absolute atomic E-state index is 0.209. The van der Waals surface area contributed by atoms with Crippen LogP contribution in [-0.2, 0) is 65.3 Å². The average Bonchev–Trinajstić information content (AvgIpc) is 4.30. The van der Waals surface area contributed by atoms with Gasteiger partial charge in [0.2, 0.25) is 0 Å². The molecule has 0 atom stereocenters. The molecule has 422 valence electrons. The van der Waals surface area contributed by atoms with E-state index >= 15 is 0 Å². The molecule has 5 aliphatic rings. The molecule has 9 heterocycles. The number of rotatable bonds is 14. The Morgan fingerprint density at radius 2 is 1.04 bits per heavy atom. The first-order chi connectivity index (χ1) is 37.0. The molecule has 0 N–H and O–H groups in total. The average molecular weight is 1170 g/mol. The number of nitrogens with zero attached hydrogens (tertiary/aromatic N) is 8. The van der Waals surface area contributed by atoms with E-state index < -0.39 is 34.5 Å². The fourth-order valence-electron chi connectivity index (χ4n) is 10.4. The molecule has 6 aromatic rings. The van der Waals surface area contributed by atoms with Crippen LogP contribution in [0.15, 0.2) is 77.8 Å². The second kappa shape index (κ2) is 24.2. The summed E-state index contributed by atoms with van der Waals surface area (Å²) < 4.78 is 55.5. The zero-order valence-electron chi connectivity index (χ0n) is 48.5. The summed E-state index contributed by atoms with van der Waals surface area (Å²) in [7, 11) is 1.18. The van der Waals surface area contributed by atoms with Gasteiger partial charge in [0.15, 0.2) is 11.6 Å². The van der Waals surface area contributed by atoms with Crippen molar-refractivity contribution in [2.45, 2.75) is 167 Å². The van der Waals surface area contributed by atoms with E-state index in [4.69, 9.17) is 47.7 Å². The quantitative estimate of drug-likeness (QED) is 0.0756. The molecule has 2 spiro atoms. The molecule has 0 bridgehead atoms. The van der Waals surface area contributed by atoms with Crippen LogP contribution >= 0.6 is 15.9 Å². The zero-order valence-corrected chi connectivity index (χ0v) is 52.0. The van der Waals surface area contributed by atoms with Gasteiger partial charge in [-0.25, -0.2) is 9.97 Å². The van der Waals surface area contributed by atoms with Crippen LogP contribution in [0.25, 0.3) is 50.4 Å². The number of ether oxygens (including phenoxy) is 6. The molecule has 3 saturated heterocycles. The van der Waals surface area contributed by atoms with Crippen LogP contribution in [0.2, 0.25) is 51.4 Å². The van der Waals surface area contributed by atoms with E-state index in [0.29, 0.717) is 13.5 Å². The summed E-state index contributed by atoms with van der Waals surface area (Å²) in [6.45, 7) is 28.0. The lowest BCUT2D eigenvalue weighted by Gasteiger charge is -2.32. The SMILES string of the molecule is BrC=C1CCC2(CC1)OCCO2.Cn1cc(-c2cn(COCC[Si](C)(C)C)c3ncc(B4OC(C)(C)C(C)(C)O4)cc23)cn1.Cn1cc(-c2cn(COCC[Si](C)(C)C)c3ncc(C=C4CCC5(CC4)OCCO5)cc23)cn1. The topological polar surface area (TPSA) is 145 Å². The maximum absolute atomic E-state index is 6.26. The maximum Gasteiger partial charge on any atom is 0.496 e. The minimum atomic E-state index is -1.13. The first-order valence-electron chi connectivity index (χ1n) is 28.0. The van der Waals surface area contributed by atoms with Crippen molar-refractivity contribution < 1.29 is 37.7 Å². The van der Waals surface area contributed by atoms with E-state index in [1.54, 1.807) is 0 Å². The Morgan fingerprint density at radius 3 is 1.46 bits per heavy atom. The Hall–Kier alpha value is -4.06. The van der Waals surface area contributed by atoms with E-state index in [0.717, 1.165) is 158 Å². The van der Waals surface area contributed by atoms with E-state index in [-0.39, 0.29) is 11.6 Å². The van der Waals surface area contributed by atoms with Crippen molar-refractivity contribution in [3.8, 4) is 22.3 Å². The van der Waals surface area contributed by atoms with Crippen LogP contribution in [0.5, 0.6) is 0 Å². The van der Waals surface area contributed by atoms with Gasteiger partial charge in [0.05, 0.1) is 50.0 Å². The van der Waals surface area contributed by atoms with E-state index in [1.165, 1.54) is 11.1 Å². The molecule has 2 aliphatic carbocycles. The van der Waals surface area contributed by atoms with Gasteiger partial charge in [-0.05, 0) is 88.1 Å². The lowest BCUT2D eigenvalue weighted by atomic mass is 9.80. The number of pyridine rings is 2. The third-order valence-corrected chi connectivity index (χ3v) is 20.0. The van der Waals surface area contributed by atoms with Gasteiger partial charge in [-0.2, -0.15) is 10.2 Å². The monoisotopic (exact) mass is 1170 g/mol. The Labute approximate surface area is 472 Å². The maximum atomic E-state index is 6.26. The zero-order chi connectivity index (χ0) is 55.5. The Balaban J connectivity index is 0.000000157. The van der Waals surface area contributed by atoms with Crippen LogP contribution in [0.4, 0.5) is 0 Å². The van der Waals surface area contributed by atoms with Gasteiger partial charge >= 0.3 is 7.12 Å². The second-order valence-electron chi connectivity index (χ2n) is 25.2. The molecule has 20 heteroatoms. The van der Waals surface area contributed by atoms with Crippen LogP contribution in [0.3, 0.4) is 0 Å². The molecular formula is C58H84BBrN8O8Si2. The van der Waals surface area contributed by atoms with Gasteiger partial charge in [0.1, 0.15) is 24.8 Å². The smallest absolute Gasteiger partial charge is 0.399 e. The van der Waals surface area contributed by atoms with Gasteiger partial charge in [0, 0.05) is 145 Å². The summed E-state index contributed by atoms with van der Waals surface area (Å²) in [5, 5.41) is 10.9. The summed E-state index contributed by atoms with van der Waals surface area (Å²) in [5.41, 5.74) is 10.4. The summed E-state index contributed by atoms with van der Waals surface area (Å²) in [4.78, 5) is 11.7. The van der Waals surface area contributed by atoms with Gasteiger partial charge in [-0.1, -0.05) is 72.4 Å². The van der Waals surface area contributed by atoms with Crippen LogP contribution in [-0.4, -0.2) is 124 Å². The fraction of sp³-hybridized carbons (Fsp3) is 0.586. The van der Waals surface area contributed by atoms with Crippen molar-refractivity contribution in [1.82, 2.24) is 38.7 Å². The predicted molar refractivity (Wildman–Crippen MR) is 319 cm³/mol. The normalized spacial score (nSPS) is 19.7. The Morgan fingerprint density at radius 1 is 0.603 bits per heavy atom. The number of aromatic nitrogens is 8. The molecule has 11 rings (SSSR count). The molecule has 0 aromatic carbocycles. The molecular weight excluding hydrogens is 1080 g/mol. The van der Waals surface area contributed by atoms with E-state index in [9.17, 15) is 0 Å². The number of halogens is 1. The van der Waals surface area contributed by atoms with Crippen LogP contribution < -0.4 is 5.46 Å². The highest BCUT2D eigenvalue weighted by Gasteiger charge is 2.52. The van der Waals surface area contributed by atoms with Gasteiger partial charge < -0.3 is 46.9 Å². The van der Waals surface area contributed by atoms with Gasteiger partial charge in [-0.3, -0.25) is 9.36 Å². The van der Waals surface area contributed by atoms with E-state index in [1.807, 2.05) is 59.4 Å². The lowest BCUT2D eigenvalue weighted by molar-refractivity contribution is -0.171. The van der Waals surface area contributed by atoms with Crippen molar-refractivity contribution in [3.05, 3.63) is 83.4 Å². The number of hydrogen-bond donors (Lipinski definition) is 0. The second-order valence-corrected chi connectivity index (χ2v) is 36.9. The van der Waals surface area contributed by atoms with Crippen molar-refractivity contribution in [3.63, 3.8) is 0 Å². The molecule has 6 aromatic heterocycles. The van der Waals surface area contributed by atoms with Crippen LogP contribution in [0.1, 0.15) is 84.6 Å². The molecule has 78 heavy (non-hydrogen) atoms. The molecule has 2 saturated carbocycles. The summed E-state index contributed by atoms with van der Waals surface area (Å²) in [5.74, 6) is -0.542. The number of hydrogen-bond acceptors (Lipinski definition) is 12. The summed E-state index contributed by atoms with van der Waals surface area (Å²) >= 11 is 3.36. The summed E-state index contributed by atoms with van der Waals surface area (Å²) in [6.07, 6.45) is 26.4. The molecule has 0 unspecified atom stereocenters. The Bertz CT molecular complexity index is 3030. The molecule has 16 nitrogen and oxygen atoms in total. The first-order valence-corrected chi connectivity index (χ1v) is 36.3. The molecule has 0 amide bonds. The standard InChI is InChI=1S/C26H36N4O3Si.C23H35BN4O3Si.C9H13BrO2/c1-29-17-22(16-28-29)24-18-30(19-31-11-12-34(2,3)4)25-23(24)14-21(15-27-25)13-20-5-7-26(8-6-20)32-9-10-33-26;1-22(2)23(3,4)31-24(30-22)18-11-19-20(17-12-26-27(5)14-17)15-28(21(19)25-13-18)16-29-9-10-32(6,7)8;10-7-8-1-3-9(4-2-8)11-5-6-12-9/h13-18H,5-12,19H2,1-4H3;11-15H,9-10,16H2,1-8H3;7H,1-6H2. The minimum Gasteiger partial charge on any atom is -0.399 e. The third-order valence-electron chi connectivity index (χ3n) is 15.9. The largest absolute Gasteiger partial charge is 0.496 e. The first kappa shape index (κ1) is 58.6. The highest BCUT2D eigenvalue weighted by atomic mass is 79.9. The Kier molecular flexibility index (Phi) is 18.2. The lowest BCUT2D eigenvalue weighted by Crippen LogP contribution is -2.41. The number of allylic oxidation sites excluding steroid dienone is 2. The third kappa shape index (κ3) is 14.3. The summed E-state index contributed by atoms with van der Waals surface area (Å²) in [6, 6.07) is 6.68. The predicted octanol–water partition coefficient (Wildman–Crippen LogP) is 12.1. The highest BCUT2D eigenvalue weighted by Crippen LogP contribution is 2.41. The van der Waals surface area contributed by atoms with Gasteiger partial charge in [-0.15, -0.1) is 0 Å². The van der Waals surface area contributed by atoms with Crippen molar-refractivity contribution >= 4 is 72.8 Å². The molecule has 5 fully saturated rings. The van der Waals surface area contributed by atoms with Crippen molar-refractivity contribution in [2.24, 2.45) is 14.1 Å². The van der Waals surface area contributed by atoms with Gasteiger partial charge in [0.25, 0.3) is 0 Å². The number of aryl methyl sites for hydroxylation is 2. The van der Waals surface area contributed by atoms with Crippen LogP contribution in [0, 0.1) is 0 Å². The molecule has 0 radical (unpaired) electrons. The van der Waals surface area contributed by atoms with Crippen molar-refractivity contribution in [2.75, 3.05) is 39.6 Å².